The SMILES string of the molecule is O=C(COC(=O)C1CCCCC1)NC(=O)NC1CCCC1. The quantitative estimate of drug-likeness (QED) is 0.776. The number of hydrogen-bond acceptors (Lipinski definition) is 4. The van der Waals surface area contributed by atoms with Crippen molar-refractivity contribution < 1.29 is 19.1 Å². The number of carbonyl (C=O) groups excluding carboxylic acids is 3. The van der Waals surface area contributed by atoms with E-state index in [4.69, 9.17) is 4.74 Å². The van der Waals surface area contributed by atoms with Crippen LogP contribution in [0.5, 0.6) is 0 Å². The molecular weight excluding hydrogens is 272 g/mol. The van der Waals surface area contributed by atoms with Crippen molar-refractivity contribution in [2.75, 3.05) is 6.61 Å². The zero-order valence-corrected chi connectivity index (χ0v) is 12.4. The van der Waals surface area contributed by atoms with Crippen LogP contribution in [0.25, 0.3) is 0 Å². The van der Waals surface area contributed by atoms with Gasteiger partial charge in [0.05, 0.1) is 5.92 Å². The third-order valence-corrected chi connectivity index (χ3v) is 4.23. The molecule has 6 nitrogen and oxygen atoms in total. The highest BCUT2D eigenvalue weighted by Gasteiger charge is 2.23. The van der Waals surface area contributed by atoms with Crippen molar-refractivity contribution in [2.24, 2.45) is 5.92 Å². The Labute approximate surface area is 125 Å². The highest BCUT2D eigenvalue weighted by atomic mass is 16.5. The van der Waals surface area contributed by atoms with Gasteiger partial charge in [0.15, 0.2) is 6.61 Å². The first-order valence-corrected chi connectivity index (χ1v) is 7.92. The van der Waals surface area contributed by atoms with E-state index in [9.17, 15) is 14.4 Å². The lowest BCUT2D eigenvalue weighted by Gasteiger charge is -2.19. The summed E-state index contributed by atoms with van der Waals surface area (Å²) in [4.78, 5) is 34.9. The summed E-state index contributed by atoms with van der Waals surface area (Å²) in [6.45, 7) is -0.382. The standard InChI is InChI=1S/C15H24N2O4/c18-13(17-15(20)16-12-8-4-5-9-12)10-21-14(19)11-6-2-1-3-7-11/h11-12H,1-10H2,(H2,16,17,18,20). The van der Waals surface area contributed by atoms with Crippen molar-refractivity contribution in [3.63, 3.8) is 0 Å². The van der Waals surface area contributed by atoms with Gasteiger partial charge in [0.1, 0.15) is 0 Å². The van der Waals surface area contributed by atoms with E-state index in [1.165, 1.54) is 0 Å². The van der Waals surface area contributed by atoms with Crippen LogP contribution in [0.3, 0.4) is 0 Å². The van der Waals surface area contributed by atoms with Gasteiger partial charge in [-0.15, -0.1) is 0 Å². The number of nitrogens with one attached hydrogen (secondary N) is 2. The molecule has 2 saturated carbocycles. The van der Waals surface area contributed by atoms with Crippen molar-refractivity contribution >= 4 is 17.9 Å². The topological polar surface area (TPSA) is 84.5 Å². The predicted octanol–water partition coefficient (Wildman–Crippen LogP) is 1.88. The van der Waals surface area contributed by atoms with Crippen molar-refractivity contribution in [3.8, 4) is 0 Å². The molecule has 0 aromatic heterocycles. The van der Waals surface area contributed by atoms with Crippen LogP contribution in [0.1, 0.15) is 57.8 Å². The average Bonchev–Trinajstić information content (AvgIpc) is 2.98. The molecular formula is C15H24N2O4. The van der Waals surface area contributed by atoms with E-state index in [2.05, 4.69) is 10.6 Å². The summed E-state index contributed by atoms with van der Waals surface area (Å²) in [5.41, 5.74) is 0. The van der Waals surface area contributed by atoms with Crippen LogP contribution in [0.15, 0.2) is 0 Å². The average molecular weight is 296 g/mol. The van der Waals surface area contributed by atoms with Gasteiger partial charge in [0.2, 0.25) is 0 Å². The lowest BCUT2D eigenvalue weighted by molar-refractivity contribution is -0.153. The van der Waals surface area contributed by atoms with Gasteiger partial charge in [-0.25, -0.2) is 4.79 Å². The lowest BCUT2D eigenvalue weighted by atomic mass is 9.89. The first kappa shape index (κ1) is 15.8. The van der Waals surface area contributed by atoms with Crippen LogP contribution in [0, 0.1) is 5.92 Å². The molecule has 2 rings (SSSR count). The number of ether oxygens (including phenoxy) is 1. The fourth-order valence-electron chi connectivity index (χ4n) is 3.05. The normalized spacial score (nSPS) is 20.0. The number of amides is 3. The third kappa shape index (κ3) is 5.36. The van der Waals surface area contributed by atoms with E-state index in [0.29, 0.717) is 0 Å². The van der Waals surface area contributed by atoms with E-state index >= 15 is 0 Å². The smallest absolute Gasteiger partial charge is 0.321 e. The van der Waals surface area contributed by atoms with E-state index in [0.717, 1.165) is 57.8 Å². The number of esters is 1. The monoisotopic (exact) mass is 296 g/mol. The molecule has 2 fully saturated rings. The minimum absolute atomic E-state index is 0.0844. The van der Waals surface area contributed by atoms with Gasteiger partial charge in [0, 0.05) is 6.04 Å². The van der Waals surface area contributed by atoms with E-state index < -0.39 is 11.9 Å². The van der Waals surface area contributed by atoms with Crippen LogP contribution in [0.4, 0.5) is 4.79 Å². The van der Waals surface area contributed by atoms with E-state index in [1.807, 2.05) is 0 Å². The molecule has 6 heteroatoms. The summed E-state index contributed by atoms with van der Waals surface area (Å²) in [6.07, 6.45) is 9.04. The van der Waals surface area contributed by atoms with Crippen molar-refractivity contribution in [1.29, 1.82) is 0 Å². The third-order valence-electron chi connectivity index (χ3n) is 4.23. The van der Waals surface area contributed by atoms with Crippen LogP contribution in [-0.2, 0) is 14.3 Å². The summed E-state index contributed by atoms with van der Waals surface area (Å²) in [7, 11) is 0. The fraction of sp³-hybridized carbons (Fsp3) is 0.800. The molecule has 21 heavy (non-hydrogen) atoms. The number of imide groups is 1. The number of carbonyl (C=O) groups is 3. The molecule has 0 atom stereocenters. The minimum Gasteiger partial charge on any atom is -0.455 e. The number of urea groups is 1. The summed E-state index contributed by atoms with van der Waals surface area (Å²) in [5, 5.41) is 4.95. The molecule has 2 aliphatic carbocycles. The molecule has 0 unspecified atom stereocenters. The summed E-state index contributed by atoms with van der Waals surface area (Å²) >= 11 is 0. The number of rotatable bonds is 4. The Bertz CT molecular complexity index is 385. The molecule has 0 heterocycles. The zero-order valence-electron chi connectivity index (χ0n) is 12.4. The molecule has 2 aliphatic rings. The molecule has 0 saturated heterocycles. The van der Waals surface area contributed by atoms with Gasteiger partial charge in [-0.2, -0.15) is 0 Å². The maximum atomic E-state index is 11.8. The van der Waals surface area contributed by atoms with Gasteiger partial charge >= 0.3 is 12.0 Å². The Morgan fingerprint density at radius 3 is 2.19 bits per heavy atom. The Hall–Kier alpha value is -1.59. The Morgan fingerprint density at radius 2 is 1.52 bits per heavy atom. The van der Waals surface area contributed by atoms with Gasteiger partial charge in [-0.3, -0.25) is 14.9 Å². The first-order valence-electron chi connectivity index (χ1n) is 7.92. The second kappa shape index (κ2) is 8.00. The minimum atomic E-state index is -0.574. The van der Waals surface area contributed by atoms with Crippen molar-refractivity contribution in [3.05, 3.63) is 0 Å². The second-order valence-corrected chi connectivity index (χ2v) is 5.95. The Kier molecular flexibility index (Phi) is 6.02. The fourth-order valence-corrected chi connectivity index (χ4v) is 3.05. The van der Waals surface area contributed by atoms with Crippen LogP contribution in [-0.4, -0.2) is 30.6 Å². The molecule has 0 spiro atoms. The molecule has 0 aliphatic heterocycles. The molecule has 0 bridgehead atoms. The predicted molar refractivity (Wildman–Crippen MR) is 76.5 cm³/mol. The zero-order chi connectivity index (χ0) is 15.1. The second-order valence-electron chi connectivity index (χ2n) is 5.95. The highest BCUT2D eigenvalue weighted by molar-refractivity contribution is 5.95. The van der Waals surface area contributed by atoms with Gasteiger partial charge in [0.25, 0.3) is 5.91 Å². The van der Waals surface area contributed by atoms with E-state index in [-0.39, 0.29) is 24.5 Å². The van der Waals surface area contributed by atoms with Crippen LogP contribution >= 0.6 is 0 Å². The molecule has 0 aromatic carbocycles. The van der Waals surface area contributed by atoms with Gasteiger partial charge in [-0.1, -0.05) is 32.1 Å². The van der Waals surface area contributed by atoms with Crippen molar-refractivity contribution in [2.45, 2.75) is 63.8 Å². The Morgan fingerprint density at radius 1 is 0.905 bits per heavy atom. The molecule has 0 aromatic rings. The Balaban J connectivity index is 1.62. The number of hydrogen-bond donors (Lipinski definition) is 2. The summed E-state index contributed by atoms with van der Waals surface area (Å²) in [5.74, 6) is -0.977. The largest absolute Gasteiger partial charge is 0.455 e. The maximum Gasteiger partial charge on any atom is 0.321 e. The molecule has 3 amide bonds. The molecule has 2 N–H and O–H groups in total. The lowest BCUT2D eigenvalue weighted by Crippen LogP contribution is -2.45. The van der Waals surface area contributed by atoms with Crippen molar-refractivity contribution in [1.82, 2.24) is 10.6 Å². The van der Waals surface area contributed by atoms with Gasteiger partial charge in [-0.05, 0) is 25.7 Å². The van der Waals surface area contributed by atoms with E-state index in [1.54, 1.807) is 0 Å². The summed E-state index contributed by atoms with van der Waals surface area (Å²) in [6, 6.07) is -0.344. The molecule has 118 valence electrons. The summed E-state index contributed by atoms with van der Waals surface area (Å²) < 4.78 is 4.98. The van der Waals surface area contributed by atoms with Gasteiger partial charge < -0.3 is 10.1 Å². The maximum absolute atomic E-state index is 11.8. The van der Waals surface area contributed by atoms with Crippen LogP contribution < -0.4 is 10.6 Å². The van der Waals surface area contributed by atoms with Crippen LogP contribution in [0.2, 0.25) is 0 Å². The first-order chi connectivity index (χ1) is 10.1. The molecule has 0 radical (unpaired) electrons. The highest BCUT2D eigenvalue weighted by Crippen LogP contribution is 2.24.